The van der Waals surface area contributed by atoms with Gasteiger partial charge in [-0.25, -0.2) is 13.8 Å². The summed E-state index contributed by atoms with van der Waals surface area (Å²) >= 11 is 0. The zero-order chi connectivity index (χ0) is 22.9. The number of amidine groups is 1. The monoisotopic (exact) mass is 436 g/mol. The Balaban J connectivity index is 1.81. The lowest BCUT2D eigenvalue weighted by molar-refractivity contribution is -0.0787. The lowest BCUT2D eigenvalue weighted by atomic mass is 9.94. The Kier molecular flexibility index (Phi) is 5.87. The first-order valence-corrected chi connectivity index (χ1v) is 10.5. The van der Waals surface area contributed by atoms with Crippen LogP contribution in [-0.2, 0) is 4.74 Å². The lowest BCUT2D eigenvalue weighted by Crippen LogP contribution is -2.39. The summed E-state index contributed by atoms with van der Waals surface area (Å²) in [6.45, 7) is 5.08. The summed E-state index contributed by atoms with van der Waals surface area (Å²) in [6, 6.07) is 19.3. The molecule has 0 radical (unpaired) electrons. The molecule has 4 rings (SSSR count). The number of hydrogen-bond donors (Lipinski definition) is 1. The summed E-state index contributed by atoms with van der Waals surface area (Å²) in [5.41, 5.74) is 10.8. The molecule has 0 fully saturated rings. The molecule has 2 unspecified atom stereocenters. The topological polar surface area (TPSA) is 56.8 Å². The highest BCUT2D eigenvalue weighted by atomic mass is 19.3. The Bertz CT molecular complexity index is 1130. The number of aryl methyl sites for hydroxylation is 2. The summed E-state index contributed by atoms with van der Waals surface area (Å²) in [5, 5.41) is 0. The molecule has 0 spiro atoms. The molecule has 2 N–H and O–H groups in total. The molecule has 1 heterocycles. The number of halogens is 2. The molecule has 1 aliphatic rings. The molecule has 32 heavy (non-hydrogen) atoms. The van der Waals surface area contributed by atoms with Crippen LogP contribution in [-0.4, -0.2) is 18.6 Å². The van der Waals surface area contributed by atoms with Crippen LogP contribution in [0.1, 0.15) is 41.3 Å². The second-order valence-corrected chi connectivity index (χ2v) is 8.22. The molecule has 3 aromatic carbocycles. The Morgan fingerprint density at radius 3 is 2.38 bits per heavy atom. The third-order valence-electron chi connectivity index (χ3n) is 5.50. The largest absolute Gasteiger partial charge is 0.486 e. The van der Waals surface area contributed by atoms with Crippen LogP contribution >= 0.6 is 0 Å². The molecule has 0 bridgehead atoms. The Hall–Kier alpha value is -3.41. The van der Waals surface area contributed by atoms with Crippen molar-refractivity contribution in [2.75, 3.05) is 6.61 Å². The van der Waals surface area contributed by atoms with E-state index >= 15 is 0 Å². The molecule has 4 nitrogen and oxygen atoms in total. The molecule has 2 atom stereocenters. The van der Waals surface area contributed by atoms with E-state index in [9.17, 15) is 8.78 Å². The Morgan fingerprint density at radius 2 is 1.69 bits per heavy atom. The number of alkyl halides is 2. The molecular formula is C26H26F2N2O2. The number of hydrogen-bond acceptors (Lipinski definition) is 4. The van der Waals surface area contributed by atoms with E-state index in [4.69, 9.17) is 15.2 Å². The van der Waals surface area contributed by atoms with Crippen molar-refractivity contribution < 1.29 is 18.3 Å². The first kappa shape index (κ1) is 21.8. The average molecular weight is 437 g/mol. The van der Waals surface area contributed by atoms with E-state index in [2.05, 4.69) is 11.1 Å². The van der Waals surface area contributed by atoms with Crippen molar-refractivity contribution in [1.29, 1.82) is 0 Å². The zero-order valence-corrected chi connectivity index (χ0v) is 18.3. The van der Waals surface area contributed by atoms with Gasteiger partial charge in [0.25, 0.3) is 6.02 Å². The molecule has 3 aromatic rings. The van der Waals surface area contributed by atoms with Crippen LogP contribution in [0.2, 0.25) is 0 Å². The van der Waals surface area contributed by atoms with Crippen molar-refractivity contribution in [2.24, 2.45) is 10.7 Å². The number of nitrogens with two attached hydrogens (primary N) is 1. The highest BCUT2D eigenvalue weighted by Crippen LogP contribution is 2.43. The van der Waals surface area contributed by atoms with Crippen LogP contribution in [0, 0.1) is 13.8 Å². The molecular weight excluding hydrogens is 410 g/mol. The fourth-order valence-corrected chi connectivity index (χ4v) is 3.98. The van der Waals surface area contributed by atoms with Crippen molar-refractivity contribution in [3.63, 3.8) is 0 Å². The van der Waals surface area contributed by atoms with Crippen LogP contribution in [0.4, 0.5) is 8.78 Å². The van der Waals surface area contributed by atoms with Gasteiger partial charge in [0.1, 0.15) is 11.9 Å². The SMILES string of the molecule is Cc1cc(C)cc(-c2ccc(OC(C)c3ccccc3)c(C3N=C(N)OCC3(F)F)c2)c1. The van der Waals surface area contributed by atoms with Gasteiger partial charge in [-0.1, -0.05) is 65.7 Å². The van der Waals surface area contributed by atoms with Crippen molar-refractivity contribution in [3.8, 4) is 16.9 Å². The summed E-state index contributed by atoms with van der Waals surface area (Å²) in [7, 11) is 0. The third-order valence-corrected chi connectivity index (χ3v) is 5.50. The van der Waals surface area contributed by atoms with Gasteiger partial charge in [0, 0.05) is 5.56 Å². The maximum atomic E-state index is 14.9. The number of rotatable bonds is 5. The van der Waals surface area contributed by atoms with Gasteiger partial charge < -0.3 is 15.2 Å². The average Bonchev–Trinajstić information content (AvgIpc) is 2.76. The maximum Gasteiger partial charge on any atom is 0.307 e. The van der Waals surface area contributed by atoms with E-state index in [0.717, 1.165) is 27.8 Å². The highest BCUT2D eigenvalue weighted by molar-refractivity contribution is 5.73. The maximum absolute atomic E-state index is 14.9. The van der Waals surface area contributed by atoms with Gasteiger partial charge in [-0.2, -0.15) is 0 Å². The van der Waals surface area contributed by atoms with E-state index in [1.54, 1.807) is 12.1 Å². The summed E-state index contributed by atoms with van der Waals surface area (Å²) in [5.74, 6) is -2.88. The van der Waals surface area contributed by atoms with Gasteiger partial charge in [-0.3, -0.25) is 0 Å². The van der Waals surface area contributed by atoms with E-state index in [0.29, 0.717) is 5.75 Å². The zero-order valence-electron chi connectivity index (χ0n) is 18.3. The molecule has 1 aliphatic heterocycles. The lowest BCUT2D eigenvalue weighted by Gasteiger charge is -2.30. The van der Waals surface area contributed by atoms with Gasteiger partial charge in [0.05, 0.1) is 0 Å². The number of aliphatic imine (C=N–C) groups is 1. The van der Waals surface area contributed by atoms with Gasteiger partial charge in [0.15, 0.2) is 12.6 Å². The molecule has 166 valence electrons. The number of nitrogens with zero attached hydrogens (tertiary/aromatic N) is 1. The minimum Gasteiger partial charge on any atom is -0.486 e. The fourth-order valence-electron chi connectivity index (χ4n) is 3.98. The Labute approximate surface area is 186 Å². The predicted octanol–water partition coefficient (Wildman–Crippen LogP) is 6.13. The van der Waals surface area contributed by atoms with Gasteiger partial charge >= 0.3 is 5.92 Å². The number of benzene rings is 3. The van der Waals surface area contributed by atoms with Gasteiger partial charge in [-0.15, -0.1) is 0 Å². The first-order chi connectivity index (χ1) is 15.2. The van der Waals surface area contributed by atoms with E-state index < -0.39 is 18.6 Å². The standard InChI is InChI=1S/C26H26F2N2O2/c1-16-11-17(2)13-21(12-16)20-9-10-23(32-18(3)19-7-5-4-6-8-19)22(14-20)24-26(27,28)15-31-25(29)30-24/h4-14,18,24H,15H2,1-3H3,(H2,29,30). The third kappa shape index (κ3) is 4.59. The van der Waals surface area contributed by atoms with E-state index in [1.807, 2.05) is 69.3 Å². The van der Waals surface area contributed by atoms with Crippen LogP contribution in [0.15, 0.2) is 71.7 Å². The molecule has 6 heteroatoms. The summed E-state index contributed by atoms with van der Waals surface area (Å²) in [6.07, 6.45) is -0.336. The van der Waals surface area contributed by atoms with Crippen molar-refractivity contribution in [2.45, 2.75) is 38.8 Å². The summed E-state index contributed by atoms with van der Waals surface area (Å²) in [4.78, 5) is 3.96. The molecule has 0 saturated carbocycles. The Morgan fingerprint density at radius 1 is 1.00 bits per heavy atom. The smallest absolute Gasteiger partial charge is 0.307 e. The second-order valence-electron chi connectivity index (χ2n) is 8.22. The normalized spacial score (nSPS) is 18.4. The molecule has 0 aliphatic carbocycles. The quantitative estimate of drug-likeness (QED) is 0.523. The molecule has 0 aromatic heterocycles. The second kappa shape index (κ2) is 8.61. The van der Waals surface area contributed by atoms with Crippen LogP contribution in [0.5, 0.6) is 5.75 Å². The van der Waals surface area contributed by atoms with Crippen LogP contribution in [0.25, 0.3) is 11.1 Å². The van der Waals surface area contributed by atoms with Crippen LogP contribution < -0.4 is 10.5 Å². The van der Waals surface area contributed by atoms with E-state index in [1.165, 1.54) is 0 Å². The predicted molar refractivity (Wildman–Crippen MR) is 122 cm³/mol. The number of ether oxygens (including phenoxy) is 2. The van der Waals surface area contributed by atoms with Gasteiger partial charge in [-0.05, 0) is 49.6 Å². The minimum atomic E-state index is -3.22. The first-order valence-electron chi connectivity index (χ1n) is 10.5. The molecule has 0 saturated heterocycles. The van der Waals surface area contributed by atoms with E-state index in [-0.39, 0.29) is 17.7 Å². The van der Waals surface area contributed by atoms with Gasteiger partial charge in [0.2, 0.25) is 0 Å². The van der Waals surface area contributed by atoms with Crippen molar-refractivity contribution in [1.82, 2.24) is 0 Å². The summed E-state index contributed by atoms with van der Waals surface area (Å²) < 4.78 is 40.8. The van der Waals surface area contributed by atoms with Crippen molar-refractivity contribution in [3.05, 3.63) is 89.0 Å². The highest BCUT2D eigenvalue weighted by Gasteiger charge is 2.46. The van der Waals surface area contributed by atoms with Crippen molar-refractivity contribution >= 4 is 6.02 Å². The fraction of sp³-hybridized carbons (Fsp3) is 0.269. The van der Waals surface area contributed by atoms with Crippen LogP contribution in [0.3, 0.4) is 0 Å². The molecule has 0 amide bonds. The minimum absolute atomic E-state index is 0.250.